The first-order valence-corrected chi connectivity index (χ1v) is 14.0. The topological polar surface area (TPSA) is 9.23 Å². The van der Waals surface area contributed by atoms with Gasteiger partial charge in [0, 0.05) is 5.56 Å². The molecule has 0 radical (unpaired) electrons. The zero-order valence-electron chi connectivity index (χ0n) is 22.3. The molecule has 1 saturated carbocycles. The maximum absolute atomic E-state index is 14.7. The van der Waals surface area contributed by atoms with Gasteiger partial charge in [0.15, 0.2) is 11.6 Å². The standard InChI is InChI=1S/C34H40F2O/c1-3-7-25-10-12-26(13-11-25)8-5-6-9-27-14-16-28(17-15-27)29-18-20-30(21-19-29)31-22-23-32(37-24-4-2)34(36)33(31)35/h6,9-13,18-23,27-28H,3-5,7-8,14-17,24H2,1-2H3/b9-6+. The van der Waals surface area contributed by atoms with Crippen LogP contribution < -0.4 is 4.74 Å². The van der Waals surface area contributed by atoms with E-state index in [2.05, 4.69) is 55.5 Å². The van der Waals surface area contributed by atoms with Gasteiger partial charge < -0.3 is 4.74 Å². The third-order valence-corrected chi connectivity index (χ3v) is 7.54. The molecular formula is C34H40F2O. The molecule has 0 unspecified atom stereocenters. The Kier molecular flexibility index (Phi) is 9.93. The molecule has 0 atom stereocenters. The molecular weight excluding hydrogens is 462 g/mol. The van der Waals surface area contributed by atoms with Crippen LogP contribution in [0.4, 0.5) is 8.78 Å². The summed E-state index contributed by atoms with van der Waals surface area (Å²) in [5.74, 6) is -0.584. The van der Waals surface area contributed by atoms with E-state index in [4.69, 9.17) is 4.74 Å². The first-order chi connectivity index (χ1) is 18.1. The molecule has 196 valence electrons. The van der Waals surface area contributed by atoms with Crippen molar-refractivity contribution in [2.75, 3.05) is 6.61 Å². The number of hydrogen-bond donors (Lipinski definition) is 0. The highest BCUT2D eigenvalue weighted by molar-refractivity contribution is 5.65. The van der Waals surface area contributed by atoms with Crippen LogP contribution >= 0.6 is 0 Å². The number of benzene rings is 3. The Balaban J connectivity index is 1.26. The zero-order valence-corrected chi connectivity index (χ0v) is 22.3. The van der Waals surface area contributed by atoms with Gasteiger partial charge in [0.2, 0.25) is 5.82 Å². The van der Waals surface area contributed by atoms with Crippen LogP contribution in [0.1, 0.15) is 81.4 Å². The van der Waals surface area contributed by atoms with Gasteiger partial charge in [0.25, 0.3) is 0 Å². The highest BCUT2D eigenvalue weighted by atomic mass is 19.2. The monoisotopic (exact) mass is 502 g/mol. The van der Waals surface area contributed by atoms with E-state index in [1.54, 1.807) is 6.07 Å². The summed E-state index contributed by atoms with van der Waals surface area (Å²) >= 11 is 0. The van der Waals surface area contributed by atoms with Gasteiger partial charge in [-0.1, -0.05) is 81.0 Å². The van der Waals surface area contributed by atoms with E-state index in [1.165, 1.54) is 54.9 Å². The van der Waals surface area contributed by atoms with Crippen molar-refractivity contribution in [2.45, 2.75) is 77.6 Å². The first-order valence-electron chi connectivity index (χ1n) is 14.0. The second-order valence-electron chi connectivity index (χ2n) is 10.4. The molecule has 1 aliphatic rings. The minimum absolute atomic E-state index is 0.0217. The summed E-state index contributed by atoms with van der Waals surface area (Å²) in [4.78, 5) is 0. The van der Waals surface area contributed by atoms with Gasteiger partial charge in [-0.2, -0.15) is 4.39 Å². The quantitative estimate of drug-likeness (QED) is 0.237. The minimum atomic E-state index is -0.911. The Labute approximate surface area is 221 Å². The Morgan fingerprint density at radius 1 is 0.757 bits per heavy atom. The first kappa shape index (κ1) is 27.1. The van der Waals surface area contributed by atoms with Crippen LogP contribution in [0, 0.1) is 17.6 Å². The Morgan fingerprint density at radius 2 is 1.43 bits per heavy atom. The Hall–Kier alpha value is -2.94. The summed E-state index contributed by atoms with van der Waals surface area (Å²) in [5.41, 5.74) is 5.11. The van der Waals surface area contributed by atoms with Gasteiger partial charge in [-0.3, -0.25) is 0 Å². The van der Waals surface area contributed by atoms with Crippen molar-refractivity contribution in [3.05, 3.63) is 101 Å². The third kappa shape index (κ3) is 7.31. The molecule has 1 aliphatic carbocycles. The molecule has 4 rings (SSSR count). The molecule has 37 heavy (non-hydrogen) atoms. The molecule has 3 heteroatoms. The summed E-state index contributed by atoms with van der Waals surface area (Å²) in [6, 6.07) is 20.2. The molecule has 0 spiro atoms. The smallest absolute Gasteiger partial charge is 0.201 e. The van der Waals surface area contributed by atoms with Crippen LogP contribution in [-0.2, 0) is 12.8 Å². The van der Waals surface area contributed by atoms with Crippen LogP contribution in [0.15, 0.2) is 72.8 Å². The van der Waals surface area contributed by atoms with Crippen molar-refractivity contribution >= 4 is 0 Å². The van der Waals surface area contributed by atoms with Crippen LogP contribution in [-0.4, -0.2) is 6.61 Å². The molecule has 0 aromatic heterocycles. The largest absolute Gasteiger partial charge is 0.490 e. The van der Waals surface area contributed by atoms with Crippen molar-refractivity contribution in [3.63, 3.8) is 0 Å². The SMILES string of the molecule is CCCOc1ccc(-c2ccc(C3CCC(/C=C/CCc4ccc(CCC)cc4)CC3)cc2)c(F)c1F. The van der Waals surface area contributed by atoms with Gasteiger partial charge in [-0.25, -0.2) is 4.39 Å². The predicted octanol–water partition coefficient (Wildman–Crippen LogP) is 9.84. The van der Waals surface area contributed by atoms with Gasteiger partial charge in [0.05, 0.1) is 6.61 Å². The molecule has 0 saturated heterocycles. The van der Waals surface area contributed by atoms with Crippen LogP contribution in [0.25, 0.3) is 11.1 Å². The van der Waals surface area contributed by atoms with E-state index in [1.807, 2.05) is 19.1 Å². The molecule has 1 fully saturated rings. The van der Waals surface area contributed by atoms with E-state index >= 15 is 0 Å². The lowest BCUT2D eigenvalue weighted by Gasteiger charge is -2.27. The minimum Gasteiger partial charge on any atom is -0.490 e. The van der Waals surface area contributed by atoms with E-state index < -0.39 is 11.6 Å². The number of ether oxygens (including phenoxy) is 1. The van der Waals surface area contributed by atoms with Crippen LogP contribution in [0.3, 0.4) is 0 Å². The van der Waals surface area contributed by atoms with E-state index in [9.17, 15) is 8.78 Å². The van der Waals surface area contributed by atoms with Crippen molar-refractivity contribution < 1.29 is 13.5 Å². The fourth-order valence-electron chi connectivity index (χ4n) is 5.36. The summed E-state index contributed by atoms with van der Waals surface area (Å²) in [5, 5.41) is 0. The lowest BCUT2D eigenvalue weighted by atomic mass is 9.78. The predicted molar refractivity (Wildman–Crippen MR) is 150 cm³/mol. The van der Waals surface area contributed by atoms with Gasteiger partial charge in [-0.15, -0.1) is 0 Å². The number of aryl methyl sites for hydroxylation is 2. The lowest BCUT2D eigenvalue weighted by Crippen LogP contribution is -2.11. The average Bonchev–Trinajstić information content (AvgIpc) is 2.93. The number of halogens is 2. The fourth-order valence-corrected chi connectivity index (χ4v) is 5.36. The summed E-state index contributed by atoms with van der Waals surface area (Å²) in [6.07, 6.45) is 14.8. The molecule has 0 N–H and O–H groups in total. The van der Waals surface area contributed by atoms with Gasteiger partial charge in [0.1, 0.15) is 0 Å². The molecule has 3 aromatic carbocycles. The normalized spacial score (nSPS) is 17.8. The molecule has 0 aliphatic heterocycles. The van der Waals surface area contributed by atoms with E-state index in [0.717, 1.165) is 25.7 Å². The molecule has 1 nitrogen and oxygen atoms in total. The third-order valence-electron chi connectivity index (χ3n) is 7.54. The second kappa shape index (κ2) is 13.6. The molecule has 0 heterocycles. The fraction of sp³-hybridized carbons (Fsp3) is 0.412. The van der Waals surface area contributed by atoms with Crippen molar-refractivity contribution in [1.29, 1.82) is 0 Å². The summed E-state index contributed by atoms with van der Waals surface area (Å²) in [6.45, 7) is 4.53. The average molecular weight is 503 g/mol. The maximum Gasteiger partial charge on any atom is 0.201 e. The Bertz CT molecular complexity index is 1140. The summed E-state index contributed by atoms with van der Waals surface area (Å²) in [7, 11) is 0. The number of hydrogen-bond acceptors (Lipinski definition) is 1. The molecule has 0 amide bonds. The highest BCUT2D eigenvalue weighted by Crippen LogP contribution is 2.37. The maximum atomic E-state index is 14.7. The zero-order chi connectivity index (χ0) is 26.0. The number of allylic oxidation sites excluding steroid dienone is 2. The van der Waals surface area contributed by atoms with Gasteiger partial charge >= 0.3 is 0 Å². The van der Waals surface area contributed by atoms with E-state index in [-0.39, 0.29) is 11.3 Å². The second-order valence-corrected chi connectivity index (χ2v) is 10.4. The van der Waals surface area contributed by atoms with Gasteiger partial charge in [-0.05, 0) is 97.6 Å². The molecule has 3 aromatic rings. The van der Waals surface area contributed by atoms with Crippen LogP contribution in [0.5, 0.6) is 5.75 Å². The van der Waals surface area contributed by atoms with Crippen LogP contribution in [0.2, 0.25) is 0 Å². The van der Waals surface area contributed by atoms with Crippen molar-refractivity contribution in [1.82, 2.24) is 0 Å². The van der Waals surface area contributed by atoms with Crippen molar-refractivity contribution in [3.8, 4) is 16.9 Å². The number of rotatable bonds is 11. The molecule has 0 bridgehead atoms. The van der Waals surface area contributed by atoms with E-state index in [0.29, 0.717) is 24.0 Å². The van der Waals surface area contributed by atoms with Crippen molar-refractivity contribution in [2.24, 2.45) is 5.92 Å². The lowest BCUT2D eigenvalue weighted by molar-refractivity contribution is 0.295. The summed E-state index contributed by atoms with van der Waals surface area (Å²) < 4.78 is 34.4. The highest BCUT2D eigenvalue weighted by Gasteiger charge is 2.21. The Morgan fingerprint density at radius 3 is 2.08 bits per heavy atom.